The summed E-state index contributed by atoms with van der Waals surface area (Å²) in [5, 5.41) is 14.6. The van der Waals surface area contributed by atoms with E-state index < -0.39 is 13.0 Å². The molecule has 0 spiro atoms. The van der Waals surface area contributed by atoms with Gasteiger partial charge >= 0.3 is 0 Å². The topological polar surface area (TPSA) is 73.3 Å². The lowest BCUT2D eigenvalue weighted by molar-refractivity contribution is -0.384. The highest BCUT2D eigenvalue weighted by molar-refractivity contribution is 7.04. The standard InChI is InChI=1S/C31H30ClNO4Si/c1-31(2,3)38(23-10-6-4-7-11-23,24-12-8-5-9-13-24)20-21-18-26(21)30(34)29-17-16-28(37-29)25-15-14-22(32)19-27(25)33(35)36/h4-17,19,21,26H,18,20H2,1-3H3/t21-,26+/m0/s1. The number of nitro benzene ring substituents is 1. The predicted molar refractivity (Wildman–Crippen MR) is 154 cm³/mol. The summed E-state index contributed by atoms with van der Waals surface area (Å²) >= 11 is 5.96. The molecule has 0 N–H and O–H groups in total. The van der Waals surface area contributed by atoms with Crippen LogP contribution in [0.25, 0.3) is 11.3 Å². The van der Waals surface area contributed by atoms with Gasteiger partial charge in [0.25, 0.3) is 5.69 Å². The fourth-order valence-corrected chi connectivity index (χ4v) is 11.9. The van der Waals surface area contributed by atoms with Gasteiger partial charge in [0.2, 0.25) is 5.78 Å². The average Bonchev–Trinajstić information content (AvgIpc) is 3.50. The fourth-order valence-electron chi connectivity index (χ4n) is 5.87. The number of carbonyl (C=O) groups is 1. The highest BCUT2D eigenvalue weighted by Crippen LogP contribution is 2.51. The molecule has 1 heterocycles. The van der Waals surface area contributed by atoms with Gasteiger partial charge in [0.05, 0.1) is 10.5 Å². The van der Waals surface area contributed by atoms with E-state index >= 15 is 0 Å². The van der Waals surface area contributed by atoms with E-state index in [0.717, 1.165) is 12.5 Å². The average molecular weight is 544 g/mol. The first-order valence-electron chi connectivity index (χ1n) is 12.8. The first-order chi connectivity index (χ1) is 18.1. The highest BCUT2D eigenvalue weighted by atomic mass is 35.5. The van der Waals surface area contributed by atoms with E-state index in [1.807, 2.05) is 0 Å². The molecular formula is C31H30ClNO4Si. The van der Waals surface area contributed by atoms with Crippen LogP contribution in [0.15, 0.2) is 95.4 Å². The van der Waals surface area contributed by atoms with E-state index in [9.17, 15) is 14.9 Å². The van der Waals surface area contributed by atoms with Crippen molar-refractivity contribution in [3.63, 3.8) is 0 Å². The number of carbonyl (C=O) groups excluding carboxylic acids is 1. The molecule has 1 aliphatic carbocycles. The van der Waals surface area contributed by atoms with Crippen molar-refractivity contribution < 1.29 is 14.1 Å². The smallest absolute Gasteiger partial charge is 0.281 e. The monoisotopic (exact) mass is 543 g/mol. The molecule has 0 radical (unpaired) electrons. The van der Waals surface area contributed by atoms with Crippen molar-refractivity contribution in [2.45, 2.75) is 38.3 Å². The summed E-state index contributed by atoms with van der Waals surface area (Å²) in [7, 11) is -2.28. The summed E-state index contributed by atoms with van der Waals surface area (Å²) in [5.41, 5.74) is 0.153. The number of rotatable bonds is 8. The quantitative estimate of drug-likeness (QED) is 0.100. The number of nitro groups is 1. The van der Waals surface area contributed by atoms with E-state index in [0.29, 0.717) is 11.3 Å². The molecule has 0 saturated heterocycles. The van der Waals surface area contributed by atoms with Crippen molar-refractivity contribution in [3.8, 4) is 11.3 Å². The van der Waals surface area contributed by atoms with Crippen molar-refractivity contribution in [3.05, 3.63) is 112 Å². The Bertz CT molecular complexity index is 1440. The second kappa shape index (κ2) is 10.0. The van der Waals surface area contributed by atoms with Crippen LogP contribution in [0.4, 0.5) is 5.69 Å². The van der Waals surface area contributed by atoms with Gasteiger partial charge in [0.1, 0.15) is 13.8 Å². The normalized spacial score (nSPS) is 17.3. The maximum absolute atomic E-state index is 13.5. The molecule has 1 fully saturated rings. The van der Waals surface area contributed by atoms with Crippen LogP contribution in [0.2, 0.25) is 16.1 Å². The third kappa shape index (κ3) is 4.74. The van der Waals surface area contributed by atoms with Crippen LogP contribution in [0, 0.1) is 22.0 Å². The van der Waals surface area contributed by atoms with Gasteiger partial charge in [-0.1, -0.05) is 103 Å². The summed E-state index contributed by atoms with van der Waals surface area (Å²) in [6, 6.07) is 30.2. The second-order valence-electron chi connectivity index (χ2n) is 11.1. The molecule has 0 bridgehead atoms. The minimum absolute atomic E-state index is 0.0251. The van der Waals surface area contributed by atoms with E-state index in [-0.39, 0.29) is 39.1 Å². The van der Waals surface area contributed by atoms with Gasteiger partial charge < -0.3 is 4.42 Å². The minimum Gasteiger partial charge on any atom is -0.453 e. The Hall–Kier alpha value is -3.48. The molecule has 4 aromatic rings. The second-order valence-corrected chi connectivity index (χ2v) is 16.5. The van der Waals surface area contributed by atoms with Crippen LogP contribution in [0.1, 0.15) is 37.7 Å². The van der Waals surface area contributed by atoms with Crippen LogP contribution in [0.3, 0.4) is 0 Å². The number of Topliss-reactive ketones (excluding diaryl/α,β-unsaturated/α-hetero) is 1. The molecule has 38 heavy (non-hydrogen) atoms. The van der Waals surface area contributed by atoms with Gasteiger partial charge in [-0.25, -0.2) is 0 Å². The fraction of sp³-hybridized carbons (Fsp3) is 0.258. The molecule has 5 rings (SSSR count). The summed E-state index contributed by atoms with van der Waals surface area (Å²) in [5.74, 6) is 0.652. The van der Waals surface area contributed by atoms with E-state index in [2.05, 4.69) is 81.4 Å². The Balaban J connectivity index is 1.44. The van der Waals surface area contributed by atoms with Crippen LogP contribution in [0.5, 0.6) is 0 Å². The summed E-state index contributed by atoms with van der Waals surface area (Å²) in [4.78, 5) is 24.6. The highest BCUT2D eigenvalue weighted by Gasteiger charge is 2.54. The first kappa shape index (κ1) is 26.1. The Labute approximate surface area is 228 Å². The predicted octanol–water partition coefficient (Wildman–Crippen LogP) is 7.39. The molecule has 3 aromatic carbocycles. The van der Waals surface area contributed by atoms with Crippen LogP contribution >= 0.6 is 11.6 Å². The van der Waals surface area contributed by atoms with E-state index in [1.54, 1.807) is 24.3 Å². The molecule has 0 aliphatic heterocycles. The van der Waals surface area contributed by atoms with E-state index in [1.165, 1.54) is 16.4 Å². The molecule has 0 amide bonds. The number of halogens is 1. The van der Waals surface area contributed by atoms with Crippen molar-refractivity contribution in [2.24, 2.45) is 11.8 Å². The van der Waals surface area contributed by atoms with Gasteiger partial charge in [0, 0.05) is 17.0 Å². The zero-order valence-corrected chi connectivity index (χ0v) is 23.4. The Kier molecular flexibility index (Phi) is 6.88. The van der Waals surface area contributed by atoms with Crippen molar-refractivity contribution in [1.82, 2.24) is 0 Å². The maximum Gasteiger partial charge on any atom is 0.281 e. The number of nitrogens with zero attached hydrogens (tertiary/aromatic N) is 1. The number of benzene rings is 3. The van der Waals surface area contributed by atoms with Crippen LogP contribution in [-0.4, -0.2) is 18.8 Å². The summed E-state index contributed by atoms with van der Waals surface area (Å²) in [6.07, 6.45) is 0.820. The number of ketones is 1. The molecular weight excluding hydrogens is 514 g/mol. The summed E-state index contributed by atoms with van der Waals surface area (Å²) in [6.45, 7) is 6.99. The maximum atomic E-state index is 13.5. The van der Waals surface area contributed by atoms with Crippen molar-refractivity contribution in [1.29, 1.82) is 0 Å². The lowest BCUT2D eigenvalue weighted by Gasteiger charge is -2.44. The third-order valence-corrected chi connectivity index (χ3v) is 14.5. The number of hydrogen-bond acceptors (Lipinski definition) is 4. The van der Waals surface area contributed by atoms with Gasteiger partial charge in [-0.15, -0.1) is 0 Å². The van der Waals surface area contributed by atoms with Gasteiger partial charge in [0.15, 0.2) is 5.76 Å². The molecule has 0 unspecified atom stereocenters. The van der Waals surface area contributed by atoms with Crippen molar-refractivity contribution in [2.75, 3.05) is 0 Å². The Morgan fingerprint density at radius 3 is 2.13 bits per heavy atom. The van der Waals surface area contributed by atoms with Crippen molar-refractivity contribution >= 4 is 41.5 Å². The van der Waals surface area contributed by atoms with Gasteiger partial charge in [-0.3, -0.25) is 14.9 Å². The molecule has 5 nitrogen and oxygen atoms in total. The summed E-state index contributed by atoms with van der Waals surface area (Å²) < 4.78 is 5.89. The first-order valence-corrected chi connectivity index (χ1v) is 15.4. The lowest BCUT2D eigenvalue weighted by Crippen LogP contribution is -2.64. The third-order valence-electron chi connectivity index (χ3n) is 7.91. The molecule has 1 aromatic heterocycles. The molecule has 194 valence electrons. The van der Waals surface area contributed by atoms with Crippen LogP contribution in [-0.2, 0) is 0 Å². The Morgan fingerprint density at radius 1 is 0.974 bits per heavy atom. The largest absolute Gasteiger partial charge is 0.453 e. The molecule has 7 heteroatoms. The minimum atomic E-state index is -2.28. The van der Waals surface area contributed by atoms with Gasteiger partial charge in [-0.2, -0.15) is 0 Å². The molecule has 2 atom stereocenters. The molecule has 1 saturated carbocycles. The number of furan rings is 1. The zero-order valence-electron chi connectivity index (χ0n) is 21.7. The van der Waals surface area contributed by atoms with Gasteiger partial charge in [-0.05, 0) is 47.7 Å². The van der Waals surface area contributed by atoms with Crippen LogP contribution < -0.4 is 10.4 Å². The Morgan fingerprint density at radius 2 is 1.58 bits per heavy atom. The molecule has 1 aliphatic rings. The SMILES string of the molecule is CC(C)(C)[Si](C[C@@H]1C[C@H]1C(=O)c1ccc(-c2ccc(Cl)cc2[N+](=O)[O-])o1)(c1ccccc1)c1ccccc1. The lowest BCUT2D eigenvalue weighted by atomic mass is 10.1. The number of hydrogen-bond donors (Lipinski definition) is 0. The zero-order chi connectivity index (χ0) is 27.1. The van der Waals surface area contributed by atoms with E-state index in [4.69, 9.17) is 16.0 Å².